The van der Waals surface area contributed by atoms with Gasteiger partial charge in [-0.2, -0.15) is 0 Å². The second-order valence-corrected chi connectivity index (χ2v) is 4.35. The van der Waals surface area contributed by atoms with E-state index >= 15 is 0 Å². The molecule has 86 valence electrons. The Labute approximate surface area is 91.7 Å². The second-order valence-electron chi connectivity index (χ2n) is 4.35. The minimum absolute atomic E-state index is 0.612. The van der Waals surface area contributed by atoms with Crippen LogP contribution in [0.25, 0.3) is 10.4 Å². The van der Waals surface area contributed by atoms with Gasteiger partial charge in [-0.15, -0.1) is 0 Å². The molecule has 15 heavy (non-hydrogen) atoms. The predicted octanol–water partition coefficient (Wildman–Crippen LogP) is 1.71. The molecule has 5 nitrogen and oxygen atoms in total. The van der Waals surface area contributed by atoms with Gasteiger partial charge in [-0.1, -0.05) is 5.11 Å². The van der Waals surface area contributed by atoms with Gasteiger partial charge >= 0.3 is 0 Å². The minimum Gasteiger partial charge on any atom is -0.305 e. The van der Waals surface area contributed by atoms with Gasteiger partial charge in [0.25, 0.3) is 0 Å². The van der Waals surface area contributed by atoms with Gasteiger partial charge in [-0.3, -0.25) is 0 Å². The molecule has 0 spiro atoms. The fourth-order valence-electron chi connectivity index (χ4n) is 2.12. The average Bonchev–Trinajstić information content (AvgIpc) is 2.59. The lowest BCUT2D eigenvalue weighted by Gasteiger charge is -2.25. The van der Waals surface area contributed by atoms with Crippen LogP contribution in [0.5, 0.6) is 0 Å². The highest BCUT2D eigenvalue weighted by molar-refractivity contribution is 4.78. The molecule has 0 aromatic carbocycles. The Bertz CT molecular complexity index is 224. The van der Waals surface area contributed by atoms with Crippen LogP contribution in [0, 0.1) is 0 Å². The van der Waals surface area contributed by atoms with Crippen LogP contribution in [0.1, 0.15) is 19.3 Å². The summed E-state index contributed by atoms with van der Waals surface area (Å²) < 4.78 is 0. The van der Waals surface area contributed by atoms with E-state index in [1.54, 1.807) is 0 Å². The average molecular weight is 211 g/mol. The number of nitrogens with zero attached hydrogens (tertiary/aromatic N) is 5. The molecule has 0 aromatic heterocycles. The van der Waals surface area contributed by atoms with Crippen molar-refractivity contribution in [2.24, 2.45) is 5.11 Å². The normalized spacial score (nSPS) is 21.9. The summed E-state index contributed by atoms with van der Waals surface area (Å²) in [4.78, 5) is 7.51. The molecule has 1 fully saturated rings. The van der Waals surface area contributed by atoms with E-state index in [0.717, 1.165) is 25.6 Å². The maximum atomic E-state index is 8.13. The van der Waals surface area contributed by atoms with Crippen LogP contribution >= 0.6 is 0 Å². The van der Waals surface area contributed by atoms with Crippen LogP contribution in [0.15, 0.2) is 5.11 Å². The molecule has 1 aliphatic rings. The predicted molar refractivity (Wildman–Crippen MR) is 61.8 cm³/mol. The van der Waals surface area contributed by atoms with Crippen molar-refractivity contribution < 1.29 is 0 Å². The topological polar surface area (TPSA) is 55.2 Å². The first-order chi connectivity index (χ1) is 7.24. The second kappa shape index (κ2) is 6.67. The van der Waals surface area contributed by atoms with E-state index in [1.165, 1.54) is 19.4 Å². The minimum atomic E-state index is 0.612. The molecule has 1 aliphatic heterocycles. The maximum Gasteiger partial charge on any atom is 0.0270 e. The van der Waals surface area contributed by atoms with Crippen LogP contribution in [-0.4, -0.2) is 56.1 Å². The van der Waals surface area contributed by atoms with Crippen molar-refractivity contribution >= 4 is 0 Å². The molecule has 0 bridgehead atoms. The number of hydrogen-bond donors (Lipinski definition) is 0. The first-order valence-corrected chi connectivity index (χ1v) is 5.63. The fourth-order valence-corrected chi connectivity index (χ4v) is 2.12. The fraction of sp³-hybridized carbons (Fsp3) is 1.00. The number of hydrogen-bond acceptors (Lipinski definition) is 3. The molecule has 5 heteroatoms. The van der Waals surface area contributed by atoms with Gasteiger partial charge in [0.15, 0.2) is 0 Å². The van der Waals surface area contributed by atoms with Crippen molar-refractivity contribution in [2.75, 3.05) is 40.3 Å². The highest BCUT2D eigenvalue weighted by atomic mass is 15.2. The third kappa shape index (κ3) is 4.51. The first kappa shape index (κ1) is 12.3. The van der Waals surface area contributed by atoms with Crippen LogP contribution < -0.4 is 0 Å². The third-order valence-corrected chi connectivity index (χ3v) is 3.06. The highest BCUT2D eigenvalue weighted by Gasteiger charge is 2.21. The van der Waals surface area contributed by atoms with E-state index in [0.29, 0.717) is 6.54 Å². The zero-order valence-corrected chi connectivity index (χ0v) is 9.76. The molecule has 0 aromatic rings. The molecule has 1 rings (SSSR count). The van der Waals surface area contributed by atoms with Crippen LogP contribution in [0.3, 0.4) is 0 Å². The number of likely N-dealkylation sites (N-methyl/N-ethyl adjacent to an activating group) is 2. The monoisotopic (exact) mass is 211 g/mol. The summed E-state index contributed by atoms with van der Waals surface area (Å²) in [5.74, 6) is 0. The van der Waals surface area contributed by atoms with Gasteiger partial charge in [-0.25, -0.2) is 0 Å². The maximum absolute atomic E-state index is 8.13. The number of likely N-dealkylation sites (tertiary alicyclic amines) is 1. The lowest BCUT2D eigenvalue weighted by Crippen LogP contribution is -2.37. The zero-order chi connectivity index (χ0) is 11.1. The van der Waals surface area contributed by atoms with Gasteiger partial charge in [0, 0.05) is 24.0 Å². The number of rotatable bonds is 6. The quantitative estimate of drug-likeness (QED) is 0.291. The Morgan fingerprint density at radius 1 is 1.60 bits per heavy atom. The Kier molecular flexibility index (Phi) is 5.47. The van der Waals surface area contributed by atoms with E-state index in [4.69, 9.17) is 5.53 Å². The van der Waals surface area contributed by atoms with Crippen molar-refractivity contribution in [2.45, 2.75) is 25.3 Å². The highest BCUT2D eigenvalue weighted by Crippen LogP contribution is 2.15. The van der Waals surface area contributed by atoms with Gasteiger partial charge < -0.3 is 9.80 Å². The summed E-state index contributed by atoms with van der Waals surface area (Å²) in [6.45, 7) is 3.99. The van der Waals surface area contributed by atoms with E-state index in [-0.39, 0.29) is 0 Å². The molecule has 0 amide bonds. The first-order valence-electron chi connectivity index (χ1n) is 5.63. The van der Waals surface area contributed by atoms with Gasteiger partial charge in [0.2, 0.25) is 0 Å². The molecule has 0 saturated carbocycles. The van der Waals surface area contributed by atoms with Gasteiger partial charge in [-0.05, 0) is 52.0 Å². The number of azide groups is 1. The zero-order valence-electron chi connectivity index (χ0n) is 9.76. The SMILES string of the molecule is CN(CCCN=[N+]=[N-])CC1CCCN1C. The van der Waals surface area contributed by atoms with E-state index < -0.39 is 0 Å². The standard InChI is InChI=1S/C10H21N5/c1-14(7-4-6-12-13-11)9-10-5-3-8-15(10)2/h10H,3-9H2,1-2H3. The smallest absolute Gasteiger partial charge is 0.0270 e. The Morgan fingerprint density at radius 3 is 3.00 bits per heavy atom. The molecule has 1 saturated heterocycles. The van der Waals surface area contributed by atoms with Gasteiger partial charge in [0.1, 0.15) is 0 Å². The van der Waals surface area contributed by atoms with Crippen LogP contribution in [-0.2, 0) is 0 Å². The lowest BCUT2D eigenvalue weighted by atomic mass is 10.2. The molecule has 1 heterocycles. The van der Waals surface area contributed by atoms with Crippen molar-refractivity contribution in [1.29, 1.82) is 0 Å². The molecular weight excluding hydrogens is 190 g/mol. The molecule has 1 unspecified atom stereocenters. The van der Waals surface area contributed by atoms with Crippen molar-refractivity contribution in [3.8, 4) is 0 Å². The van der Waals surface area contributed by atoms with Crippen molar-refractivity contribution in [3.63, 3.8) is 0 Å². The summed E-state index contributed by atoms with van der Waals surface area (Å²) in [6, 6.07) is 0.717. The van der Waals surface area contributed by atoms with Crippen molar-refractivity contribution in [3.05, 3.63) is 10.4 Å². The summed E-state index contributed by atoms with van der Waals surface area (Å²) in [5, 5.41) is 3.53. The Hall–Kier alpha value is -0.770. The molecule has 0 radical (unpaired) electrons. The third-order valence-electron chi connectivity index (χ3n) is 3.06. The van der Waals surface area contributed by atoms with E-state index in [9.17, 15) is 0 Å². The molecule has 0 N–H and O–H groups in total. The Balaban J connectivity index is 2.12. The van der Waals surface area contributed by atoms with Crippen molar-refractivity contribution in [1.82, 2.24) is 9.80 Å². The molecule has 0 aliphatic carbocycles. The lowest BCUT2D eigenvalue weighted by molar-refractivity contribution is 0.219. The van der Waals surface area contributed by atoms with Crippen LogP contribution in [0.4, 0.5) is 0 Å². The summed E-state index contributed by atoms with van der Waals surface area (Å²) in [5.41, 5.74) is 8.13. The molecule has 1 atom stereocenters. The largest absolute Gasteiger partial charge is 0.305 e. The van der Waals surface area contributed by atoms with E-state index in [1.807, 2.05) is 0 Å². The van der Waals surface area contributed by atoms with Gasteiger partial charge in [0.05, 0.1) is 0 Å². The summed E-state index contributed by atoms with van der Waals surface area (Å²) >= 11 is 0. The Morgan fingerprint density at radius 2 is 2.40 bits per heavy atom. The summed E-state index contributed by atoms with van der Waals surface area (Å²) in [7, 11) is 4.34. The van der Waals surface area contributed by atoms with Crippen LogP contribution in [0.2, 0.25) is 0 Å². The summed E-state index contributed by atoms with van der Waals surface area (Å²) in [6.07, 6.45) is 3.60. The van der Waals surface area contributed by atoms with E-state index in [2.05, 4.69) is 33.9 Å². The molecular formula is C10H21N5.